The SMILES string of the molecule is OC1(c2ccc(Cl)cc2)C(Cc2ccccc2)SC2=NCCN21. The van der Waals surface area contributed by atoms with Crippen LogP contribution < -0.4 is 0 Å². The van der Waals surface area contributed by atoms with Gasteiger partial charge in [-0.1, -0.05) is 65.8 Å². The molecule has 2 heterocycles. The van der Waals surface area contributed by atoms with Crippen molar-refractivity contribution in [3.05, 3.63) is 70.7 Å². The molecule has 0 aliphatic carbocycles. The van der Waals surface area contributed by atoms with Crippen LogP contribution in [0.2, 0.25) is 5.02 Å². The number of nitrogens with zero attached hydrogens (tertiary/aromatic N) is 2. The average Bonchev–Trinajstić information content (AvgIpc) is 3.12. The number of halogens is 1. The molecule has 1 fully saturated rings. The smallest absolute Gasteiger partial charge is 0.178 e. The Balaban J connectivity index is 1.73. The lowest BCUT2D eigenvalue weighted by atomic mass is 9.93. The molecule has 1 saturated heterocycles. The highest BCUT2D eigenvalue weighted by Crippen LogP contribution is 2.47. The summed E-state index contributed by atoms with van der Waals surface area (Å²) >= 11 is 7.69. The Hall–Kier alpha value is -1.49. The van der Waals surface area contributed by atoms with E-state index in [1.54, 1.807) is 11.8 Å². The number of fused-ring (bicyclic) bond motifs is 1. The minimum absolute atomic E-state index is 0.00475. The normalized spacial score (nSPS) is 26.3. The Morgan fingerprint density at radius 3 is 2.65 bits per heavy atom. The molecule has 2 aromatic carbocycles. The maximum Gasteiger partial charge on any atom is 0.178 e. The molecule has 5 heteroatoms. The van der Waals surface area contributed by atoms with Crippen LogP contribution in [0.15, 0.2) is 59.6 Å². The van der Waals surface area contributed by atoms with Crippen molar-refractivity contribution in [3.8, 4) is 0 Å². The first-order chi connectivity index (χ1) is 11.2. The van der Waals surface area contributed by atoms with E-state index in [0.29, 0.717) is 5.02 Å². The molecule has 0 radical (unpaired) electrons. The Kier molecular flexibility index (Phi) is 3.84. The molecule has 2 aliphatic heterocycles. The fourth-order valence-corrected chi connectivity index (χ4v) is 4.88. The van der Waals surface area contributed by atoms with Gasteiger partial charge in [0.05, 0.1) is 11.8 Å². The molecule has 1 N–H and O–H groups in total. The van der Waals surface area contributed by atoms with E-state index in [1.165, 1.54) is 5.56 Å². The van der Waals surface area contributed by atoms with E-state index in [-0.39, 0.29) is 5.25 Å². The molecular formula is C18H17ClN2OS. The van der Waals surface area contributed by atoms with Gasteiger partial charge in [-0.25, -0.2) is 0 Å². The first kappa shape index (κ1) is 15.1. The molecule has 0 spiro atoms. The van der Waals surface area contributed by atoms with Gasteiger partial charge in [0, 0.05) is 17.1 Å². The zero-order chi connectivity index (χ0) is 15.9. The van der Waals surface area contributed by atoms with Crippen LogP contribution in [0.1, 0.15) is 11.1 Å². The Morgan fingerprint density at radius 1 is 1.17 bits per heavy atom. The third-order valence-corrected chi connectivity index (χ3v) is 6.03. The van der Waals surface area contributed by atoms with Crippen molar-refractivity contribution in [2.75, 3.05) is 13.1 Å². The first-order valence-electron chi connectivity index (χ1n) is 7.69. The van der Waals surface area contributed by atoms with Crippen molar-refractivity contribution in [1.29, 1.82) is 0 Å². The van der Waals surface area contributed by atoms with Crippen LogP contribution in [0.3, 0.4) is 0 Å². The summed E-state index contributed by atoms with van der Waals surface area (Å²) in [6.07, 6.45) is 0.792. The van der Waals surface area contributed by atoms with Gasteiger partial charge in [0.2, 0.25) is 0 Å². The summed E-state index contributed by atoms with van der Waals surface area (Å²) in [5.41, 5.74) is 1.06. The van der Waals surface area contributed by atoms with E-state index in [1.807, 2.05) is 47.4 Å². The van der Waals surface area contributed by atoms with Gasteiger partial charge >= 0.3 is 0 Å². The first-order valence-corrected chi connectivity index (χ1v) is 8.95. The number of hydrogen-bond acceptors (Lipinski definition) is 4. The van der Waals surface area contributed by atoms with E-state index < -0.39 is 5.72 Å². The fourth-order valence-electron chi connectivity index (χ4n) is 3.28. The Bertz CT molecular complexity index is 734. The lowest BCUT2D eigenvalue weighted by molar-refractivity contribution is -0.0656. The van der Waals surface area contributed by atoms with Crippen LogP contribution >= 0.6 is 23.4 Å². The molecule has 3 nitrogen and oxygen atoms in total. The van der Waals surface area contributed by atoms with Crippen LogP contribution in [0, 0.1) is 0 Å². The summed E-state index contributed by atoms with van der Waals surface area (Å²) < 4.78 is 0. The summed E-state index contributed by atoms with van der Waals surface area (Å²) in [5.74, 6) is 0. The molecule has 4 rings (SSSR count). The fraction of sp³-hybridized carbons (Fsp3) is 0.278. The second-order valence-electron chi connectivity index (χ2n) is 5.85. The van der Waals surface area contributed by atoms with Gasteiger partial charge in [0.25, 0.3) is 0 Å². The number of benzene rings is 2. The number of hydrogen-bond donors (Lipinski definition) is 1. The van der Waals surface area contributed by atoms with Crippen LogP contribution in [0.4, 0.5) is 0 Å². The van der Waals surface area contributed by atoms with Gasteiger partial charge < -0.3 is 10.0 Å². The van der Waals surface area contributed by atoms with Crippen molar-refractivity contribution in [1.82, 2.24) is 4.90 Å². The van der Waals surface area contributed by atoms with Gasteiger partial charge in [0.1, 0.15) is 0 Å². The summed E-state index contributed by atoms with van der Waals surface area (Å²) in [5, 5.41) is 13.3. The average molecular weight is 345 g/mol. The van der Waals surface area contributed by atoms with E-state index in [9.17, 15) is 5.11 Å². The van der Waals surface area contributed by atoms with Crippen LogP contribution in [-0.4, -0.2) is 33.5 Å². The third-order valence-electron chi connectivity index (χ3n) is 4.44. The van der Waals surface area contributed by atoms with Crippen LogP contribution in [0.25, 0.3) is 0 Å². The Morgan fingerprint density at radius 2 is 1.91 bits per heavy atom. The highest BCUT2D eigenvalue weighted by Gasteiger charge is 2.53. The van der Waals surface area contributed by atoms with E-state index >= 15 is 0 Å². The highest BCUT2D eigenvalue weighted by molar-refractivity contribution is 8.14. The van der Waals surface area contributed by atoms with Crippen molar-refractivity contribution in [2.24, 2.45) is 4.99 Å². The molecule has 0 aromatic heterocycles. The van der Waals surface area contributed by atoms with Crippen LogP contribution in [-0.2, 0) is 12.1 Å². The topological polar surface area (TPSA) is 35.8 Å². The van der Waals surface area contributed by atoms with Gasteiger partial charge in [-0.05, 0) is 24.1 Å². The number of rotatable bonds is 3. The van der Waals surface area contributed by atoms with Crippen molar-refractivity contribution in [3.63, 3.8) is 0 Å². The molecule has 0 bridgehead atoms. The summed E-state index contributed by atoms with van der Waals surface area (Å²) in [7, 11) is 0. The lowest BCUT2D eigenvalue weighted by Crippen LogP contribution is -2.48. The quantitative estimate of drug-likeness (QED) is 0.925. The number of thioether (sulfide) groups is 1. The van der Waals surface area contributed by atoms with Gasteiger partial charge in [-0.3, -0.25) is 4.99 Å². The number of aliphatic imine (C=N–C) groups is 1. The minimum atomic E-state index is -1.04. The molecule has 2 aromatic rings. The van der Waals surface area contributed by atoms with Gasteiger partial charge in [-0.15, -0.1) is 0 Å². The largest absolute Gasteiger partial charge is 0.366 e. The molecule has 2 atom stereocenters. The zero-order valence-electron chi connectivity index (χ0n) is 12.5. The molecule has 0 saturated carbocycles. The van der Waals surface area contributed by atoms with Gasteiger partial charge in [-0.2, -0.15) is 0 Å². The van der Waals surface area contributed by atoms with E-state index in [0.717, 1.165) is 30.2 Å². The second kappa shape index (κ2) is 5.86. The standard InChI is InChI=1S/C18H17ClN2OS/c19-15-8-6-14(7-9-15)18(22)16(12-13-4-2-1-3-5-13)23-17-20-10-11-21(17)18/h1-9,16,22H,10-12H2. The molecule has 118 valence electrons. The maximum absolute atomic E-state index is 11.6. The Labute approximate surface area is 145 Å². The third kappa shape index (κ3) is 2.55. The minimum Gasteiger partial charge on any atom is -0.366 e. The number of amidine groups is 1. The van der Waals surface area contributed by atoms with Crippen LogP contribution in [0.5, 0.6) is 0 Å². The van der Waals surface area contributed by atoms with Crippen molar-refractivity contribution in [2.45, 2.75) is 17.4 Å². The summed E-state index contributed by atoms with van der Waals surface area (Å²) in [6.45, 7) is 1.50. The highest BCUT2D eigenvalue weighted by atomic mass is 35.5. The summed E-state index contributed by atoms with van der Waals surface area (Å²) in [6, 6.07) is 17.8. The number of aliphatic hydroxyl groups is 1. The predicted octanol–water partition coefficient (Wildman–Crippen LogP) is 3.51. The molecule has 0 amide bonds. The molecular weight excluding hydrogens is 328 g/mol. The summed E-state index contributed by atoms with van der Waals surface area (Å²) in [4.78, 5) is 6.58. The zero-order valence-corrected chi connectivity index (χ0v) is 14.1. The van der Waals surface area contributed by atoms with E-state index in [2.05, 4.69) is 17.1 Å². The monoisotopic (exact) mass is 344 g/mol. The molecule has 23 heavy (non-hydrogen) atoms. The van der Waals surface area contributed by atoms with Crippen molar-refractivity contribution < 1.29 is 5.11 Å². The molecule has 2 unspecified atom stereocenters. The lowest BCUT2D eigenvalue weighted by Gasteiger charge is -2.36. The van der Waals surface area contributed by atoms with Gasteiger partial charge in [0.15, 0.2) is 10.9 Å². The van der Waals surface area contributed by atoms with Crippen molar-refractivity contribution >= 4 is 28.5 Å². The van der Waals surface area contributed by atoms with E-state index in [4.69, 9.17) is 11.6 Å². The predicted molar refractivity (Wildman–Crippen MR) is 95.9 cm³/mol. The molecule has 2 aliphatic rings. The maximum atomic E-state index is 11.6. The second-order valence-corrected chi connectivity index (χ2v) is 7.45.